The fraction of sp³-hybridized carbons (Fsp3) is 0.467. The third-order valence-corrected chi connectivity index (χ3v) is 4.14. The molecule has 2 aliphatic heterocycles. The van der Waals surface area contributed by atoms with E-state index in [9.17, 15) is 4.79 Å². The van der Waals surface area contributed by atoms with Gasteiger partial charge in [0.25, 0.3) is 5.91 Å². The van der Waals surface area contributed by atoms with E-state index < -0.39 is 6.10 Å². The van der Waals surface area contributed by atoms with Crippen LogP contribution in [0.4, 0.5) is 0 Å². The molecule has 0 saturated carbocycles. The van der Waals surface area contributed by atoms with Crippen molar-refractivity contribution in [1.29, 1.82) is 0 Å². The van der Waals surface area contributed by atoms with Gasteiger partial charge in [0.2, 0.25) is 6.10 Å². The van der Waals surface area contributed by atoms with Gasteiger partial charge in [-0.1, -0.05) is 35.0 Å². The molecule has 0 radical (unpaired) electrons. The predicted molar refractivity (Wildman–Crippen MR) is 77.9 cm³/mol. The van der Waals surface area contributed by atoms with Crippen LogP contribution < -0.4 is 0 Å². The van der Waals surface area contributed by atoms with Crippen molar-refractivity contribution in [2.75, 3.05) is 13.1 Å². The second kappa shape index (κ2) is 5.83. The Morgan fingerprint density at radius 3 is 2.85 bits per heavy atom. The number of likely N-dealkylation sites (tertiary alicyclic amines) is 1. The molecule has 1 saturated heterocycles. The molecule has 106 valence electrons. The standard InChI is InChI=1S/C15H17ClN2O2/c16-13-6-2-1-5-11(13)9-12-10-14(20-17-12)15(19)18-7-3-4-8-18/h1-2,5-6,14H,3-4,7-10H2. The number of rotatable bonds is 3. The molecule has 3 rings (SSSR count). The zero-order valence-corrected chi connectivity index (χ0v) is 12.0. The van der Waals surface area contributed by atoms with Crippen LogP contribution in [0.5, 0.6) is 0 Å². The SMILES string of the molecule is O=C(C1CC(Cc2ccccc2Cl)=NO1)N1CCCC1. The Morgan fingerprint density at radius 1 is 1.35 bits per heavy atom. The molecule has 0 aromatic heterocycles. The molecule has 0 spiro atoms. The molecular formula is C15H17ClN2O2. The van der Waals surface area contributed by atoms with Crippen LogP contribution in [-0.2, 0) is 16.1 Å². The van der Waals surface area contributed by atoms with Crippen molar-refractivity contribution in [3.8, 4) is 0 Å². The highest BCUT2D eigenvalue weighted by molar-refractivity contribution is 6.31. The minimum atomic E-state index is -0.439. The van der Waals surface area contributed by atoms with Crippen molar-refractivity contribution in [3.05, 3.63) is 34.9 Å². The summed E-state index contributed by atoms with van der Waals surface area (Å²) in [5, 5.41) is 4.78. The van der Waals surface area contributed by atoms with Crippen molar-refractivity contribution in [1.82, 2.24) is 4.90 Å². The number of nitrogens with zero attached hydrogens (tertiary/aromatic N) is 2. The molecule has 20 heavy (non-hydrogen) atoms. The van der Waals surface area contributed by atoms with Gasteiger partial charge in [0, 0.05) is 31.0 Å². The van der Waals surface area contributed by atoms with E-state index >= 15 is 0 Å². The van der Waals surface area contributed by atoms with E-state index in [2.05, 4.69) is 5.16 Å². The van der Waals surface area contributed by atoms with Gasteiger partial charge in [-0.2, -0.15) is 0 Å². The van der Waals surface area contributed by atoms with Crippen LogP contribution in [0, 0.1) is 0 Å². The van der Waals surface area contributed by atoms with Gasteiger partial charge in [0.15, 0.2) is 0 Å². The topological polar surface area (TPSA) is 41.9 Å². The van der Waals surface area contributed by atoms with Gasteiger partial charge in [-0.05, 0) is 24.5 Å². The van der Waals surface area contributed by atoms with Crippen LogP contribution in [0.15, 0.2) is 29.4 Å². The highest BCUT2D eigenvalue weighted by atomic mass is 35.5. The molecule has 5 heteroatoms. The number of carbonyl (C=O) groups is 1. The minimum absolute atomic E-state index is 0.0698. The molecule has 4 nitrogen and oxygen atoms in total. The third-order valence-electron chi connectivity index (χ3n) is 3.78. The fourth-order valence-corrected chi connectivity index (χ4v) is 2.87. The zero-order chi connectivity index (χ0) is 13.9. The number of halogens is 1. The molecule has 1 atom stereocenters. The summed E-state index contributed by atoms with van der Waals surface area (Å²) in [5.74, 6) is 0.0698. The van der Waals surface area contributed by atoms with Crippen LogP contribution in [0.1, 0.15) is 24.8 Å². The molecule has 2 heterocycles. The summed E-state index contributed by atoms with van der Waals surface area (Å²) in [6.45, 7) is 1.69. The normalized spacial score (nSPS) is 21.8. The molecule has 0 N–H and O–H groups in total. The highest BCUT2D eigenvalue weighted by Crippen LogP contribution is 2.22. The lowest BCUT2D eigenvalue weighted by molar-refractivity contribution is -0.140. The molecule has 0 aliphatic carbocycles. The quantitative estimate of drug-likeness (QED) is 0.859. The average Bonchev–Trinajstić information content (AvgIpc) is 3.12. The van der Waals surface area contributed by atoms with Crippen molar-refractivity contribution >= 4 is 23.2 Å². The zero-order valence-electron chi connectivity index (χ0n) is 11.2. The van der Waals surface area contributed by atoms with E-state index in [1.165, 1.54) is 0 Å². The van der Waals surface area contributed by atoms with Crippen LogP contribution in [0.2, 0.25) is 5.02 Å². The molecular weight excluding hydrogens is 276 g/mol. The van der Waals surface area contributed by atoms with E-state index in [-0.39, 0.29) is 5.91 Å². The van der Waals surface area contributed by atoms with Gasteiger partial charge in [-0.3, -0.25) is 4.79 Å². The smallest absolute Gasteiger partial charge is 0.266 e. The Hall–Kier alpha value is -1.55. The first-order chi connectivity index (χ1) is 9.74. The van der Waals surface area contributed by atoms with Crippen LogP contribution in [0.3, 0.4) is 0 Å². The summed E-state index contributed by atoms with van der Waals surface area (Å²) >= 11 is 6.13. The first-order valence-electron chi connectivity index (χ1n) is 6.98. The number of hydrogen-bond acceptors (Lipinski definition) is 3. The van der Waals surface area contributed by atoms with Gasteiger partial charge in [-0.25, -0.2) is 0 Å². The Morgan fingerprint density at radius 2 is 2.10 bits per heavy atom. The molecule has 1 unspecified atom stereocenters. The third kappa shape index (κ3) is 2.80. The van der Waals surface area contributed by atoms with Gasteiger partial charge in [0.1, 0.15) is 0 Å². The second-order valence-corrected chi connectivity index (χ2v) is 5.66. The van der Waals surface area contributed by atoms with E-state index in [0.29, 0.717) is 12.8 Å². The Kier molecular flexibility index (Phi) is 3.92. The number of amides is 1. The number of oxime groups is 1. The predicted octanol–water partition coefficient (Wildman–Crippen LogP) is 2.65. The summed E-state index contributed by atoms with van der Waals surface area (Å²) in [7, 11) is 0. The summed E-state index contributed by atoms with van der Waals surface area (Å²) in [6.07, 6.45) is 2.95. The highest BCUT2D eigenvalue weighted by Gasteiger charge is 2.32. The number of carbonyl (C=O) groups excluding carboxylic acids is 1. The Labute approximate surface area is 123 Å². The number of hydrogen-bond donors (Lipinski definition) is 0. The first kappa shape index (κ1) is 13.4. The summed E-state index contributed by atoms with van der Waals surface area (Å²) in [6, 6.07) is 7.68. The molecule has 1 fully saturated rings. The summed E-state index contributed by atoms with van der Waals surface area (Å²) < 4.78 is 0. The largest absolute Gasteiger partial charge is 0.382 e. The van der Waals surface area contributed by atoms with Crippen LogP contribution in [-0.4, -0.2) is 35.7 Å². The van der Waals surface area contributed by atoms with Gasteiger partial charge >= 0.3 is 0 Å². The Bertz CT molecular complexity index is 538. The molecule has 0 bridgehead atoms. The summed E-state index contributed by atoms with van der Waals surface area (Å²) in [5.41, 5.74) is 1.90. The average molecular weight is 293 g/mol. The lowest BCUT2D eigenvalue weighted by Crippen LogP contribution is -2.37. The van der Waals surface area contributed by atoms with Gasteiger partial charge in [-0.15, -0.1) is 0 Å². The summed E-state index contributed by atoms with van der Waals surface area (Å²) in [4.78, 5) is 19.4. The van der Waals surface area contributed by atoms with Gasteiger partial charge in [0.05, 0.1) is 5.71 Å². The first-order valence-corrected chi connectivity index (χ1v) is 7.35. The van der Waals surface area contributed by atoms with E-state index in [0.717, 1.165) is 42.2 Å². The van der Waals surface area contributed by atoms with E-state index in [1.54, 1.807) is 0 Å². The Balaban J connectivity index is 1.59. The van der Waals surface area contributed by atoms with Crippen LogP contribution in [0.25, 0.3) is 0 Å². The monoisotopic (exact) mass is 292 g/mol. The van der Waals surface area contributed by atoms with Crippen molar-refractivity contribution < 1.29 is 9.63 Å². The molecule has 2 aliphatic rings. The lowest BCUT2D eigenvalue weighted by Gasteiger charge is -2.18. The van der Waals surface area contributed by atoms with Crippen molar-refractivity contribution in [2.24, 2.45) is 5.16 Å². The van der Waals surface area contributed by atoms with Gasteiger partial charge < -0.3 is 9.74 Å². The molecule has 1 aromatic carbocycles. The molecule has 1 amide bonds. The van der Waals surface area contributed by atoms with Crippen LogP contribution >= 0.6 is 11.6 Å². The van der Waals surface area contributed by atoms with Crippen molar-refractivity contribution in [3.63, 3.8) is 0 Å². The lowest BCUT2D eigenvalue weighted by atomic mass is 10.0. The number of benzene rings is 1. The maximum absolute atomic E-state index is 12.2. The van der Waals surface area contributed by atoms with E-state index in [4.69, 9.17) is 16.4 Å². The van der Waals surface area contributed by atoms with Crippen molar-refractivity contribution in [2.45, 2.75) is 31.8 Å². The maximum atomic E-state index is 12.2. The van der Waals surface area contributed by atoms with E-state index in [1.807, 2.05) is 29.2 Å². The molecule has 1 aromatic rings. The fourth-order valence-electron chi connectivity index (χ4n) is 2.67. The second-order valence-electron chi connectivity index (χ2n) is 5.26. The minimum Gasteiger partial charge on any atom is -0.382 e. The maximum Gasteiger partial charge on any atom is 0.266 e.